The summed E-state index contributed by atoms with van der Waals surface area (Å²) in [5, 5.41) is 13.3. The quantitative estimate of drug-likeness (QED) is 0.110. The van der Waals surface area contributed by atoms with Crippen LogP contribution in [0.4, 0.5) is 0 Å². The molecular weight excluding hydrogens is 721 g/mol. The number of hydrogen-bond donors (Lipinski definition) is 1. The second-order valence-corrected chi connectivity index (χ2v) is 13.7. The third kappa shape index (κ3) is 7.49. The zero-order chi connectivity index (χ0) is 31.5. The number of allylic oxidation sites excluding steroid dienone is 2. The Labute approximate surface area is 278 Å². The molecule has 0 bridgehead atoms. The van der Waals surface area contributed by atoms with Crippen molar-refractivity contribution >= 4 is 27.5 Å². The third-order valence-electron chi connectivity index (χ3n) is 8.87. The molecule has 2 aromatic carbocycles. The number of ketones is 1. The molecule has 0 atom stereocenters. The van der Waals surface area contributed by atoms with Gasteiger partial charge in [-0.3, -0.25) is 9.78 Å². The van der Waals surface area contributed by atoms with E-state index in [-0.39, 0.29) is 54.3 Å². The summed E-state index contributed by atoms with van der Waals surface area (Å²) in [6.45, 7) is 19.5. The van der Waals surface area contributed by atoms with Gasteiger partial charge in [0.15, 0.2) is 5.78 Å². The van der Waals surface area contributed by atoms with Gasteiger partial charge in [0.2, 0.25) is 0 Å². The number of nitrogens with zero attached hydrogens (tertiary/aromatic N) is 2. The van der Waals surface area contributed by atoms with E-state index in [0.29, 0.717) is 0 Å². The fourth-order valence-corrected chi connectivity index (χ4v) is 6.35. The molecule has 1 aliphatic rings. The van der Waals surface area contributed by atoms with E-state index in [4.69, 9.17) is 9.97 Å². The van der Waals surface area contributed by atoms with Gasteiger partial charge in [-0.05, 0) is 76.7 Å². The van der Waals surface area contributed by atoms with Crippen molar-refractivity contribution in [2.45, 2.75) is 99.8 Å². The van der Waals surface area contributed by atoms with Crippen molar-refractivity contribution in [1.29, 1.82) is 0 Å². The van der Waals surface area contributed by atoms with Crippen LogP contribution in [0.3, 0.4) is 0 Å². The molecule has 0 amide bonds. The van der Waals surface area contributed by atoms with Gasteiger partial charge in [-0.25, -0.2) is 0 Å². The van der Waals surface area contributed by atoms with Crippen LogP contribution in [0.2, 0.25) is 0 Å². The van der Waals surface area contributed by atoms with E-state index < -0.39 is 0 Å². The van der Waals surface area contributed by atoms with Crippen LogP contribution in [0.1, 0.15) is 105 Å². The molecule has 44 heavy (non-hydrogen) atoms. The zero-order valence-corrected chi connectivity index (χ0v) is 30.4. The molecule has 5 rings (SSSR count). The zero-order valence-electron chi connectivity index (χ0n) is 28.0. The fourth-order valence-electron chi connectivity index (χ4n) is 6.35. The number of aliphatic hydroxyl groups excluding tert-OH is 1. The van der Waals surface area contributed by atoms with Crippen molar-refractivity contribution in [3.63, 3.8) is 0 Å². The van der Waals surface area contributed by atoms with Gasteiger partial charge < -0.3 is 10.1 Å². The van der Waals surface area contributed by atoms with Gasteiger partial charge >= 0.3 is 0 Å². The smallest absolute Gasteiger partial charge is 0.162 e. The molecule has 4 aromatic rings. The Kier molecular flexibility index (Phi) is 11.7. The van der Waals surface area contributed by atoms with E-state index in [1.807, 2.05) is 46.0 Å². The van der Waals surface area contributed by atoms with E-state index in [1.54, 1.807) is 0 Å². The molecule has 0 saturated carbocycles. The predicted molar refractivity (Wildman–Crippen MR) is 180 cm³/mol. The minimum Gasteiger partial charge on any atom is -0.512 e. The minimum absolute atomic E-state index is 0. The molecule has 0 aliphatic heterocycles. The molecule has 0 spiro atoms. The number of para-hydroxylation sites is 1. The Morgan fingerprint density at radius 2 is 1.61 bits per heavy atom. The Morgan fingerprint density at radius 1 is 0.977 bits per heavy atom. The second-order valence-electron chi connectivity index (χ2n) is 13.7. The monoisotopic (exact) mass is 770 g/mol. The molecule has 1 N–H and O–H groups in total. The van der Waals surface area contributed by atoms with Gasteiger partial charge in [0, 0.05) is 55.3 Å². The van der Waals surface area contributed by atoms with Gasteiger partial charge in [0.1, 0.15) is 0 Å². The summed E-state index contributed by atoms with van der Waals surface area (Å²) in [7, 11) is 0. The Hall–Kier alpha value is -2.88. The molecule has 1 radical (unpaired) electrons. The molecule has 4 nitrogen and oxygen atoms in total. The minimum atomic E-state index is -0.196. The molecule has 1 aliphatic carbocycles. The average Bonchev–Trinajstić information content (AvgIpc) is 2.96. The first-order valence-corrected chi connectivity index (χ1v) is 16.0. The standard InChI is InChI=1S/C26H25N2.C13H24O2.Ir/c1-25(2,3)15-16-12-18-10-11-27-23-19-14-17-8-6-7-9-21(17)28-24(19)26(4,5)20(13-16)22(18)23;1-5-10(6-2)12(14)9-13(15)11(7-3)8-4;/h6-13H,15H2,1-5H3;9-11,14H,5-8H2,1-4H3;/q-1;;/b;12-9-;. The first-order chi connectivity index (χ1) is 20.3. The molecule has 237 valence electrons. The summed E-state index contributed by atoms with van der Waals surface area (Å²) in [6.07, 6.45) is 7.88. The van der Waals surface area contributed by atoms with Crippen LogP contribution in [0.5, 0.6) is 0 Å². The number of aliphatic hydroxyl groups is 1. The number of carbonyl (C=O) groups excluding carboxylic acids is 1. The largest absolute Gasteiger partial charge is 0.512 e. The van der Waals surface area contributed by atoms with Crippen LogP contribution in [0.15, 0.2) is 60.5 Å². The average molecular weight is 770 g/mol. The molecule has 2 aromatic heterocycles. The van der Waals surface area contributed by atoms with Crippen molar-refractivity contribution in [2.75, 3.05) is 0 Å². The van der Waals surface area contributed by atoms with Crippen LogP contribution in [-0.2, 0) is 36.7 Å². The van der Waals surface area contributed by atoms with E-state index in [2.05, 4.69) is 71.0 Å². The third-order valence-corrected chi connectivity index (χ3v) is 8.87. The van der Waals surface area contributed by atoms with Gasteiger partial charge in [-0.1, -0.05) is 104 Å². The van der Waals surface area contributed by atoms with Crippen LogP contribution < -0.4 is 0 Å². The van der Waals surface area contributed by atoms with Crippen molar-refractivity contribution in [1.82, 2.24) is 9.97 Å². The molecule has 0 saturated heterocycles. The summed E-state index contributed by atoms with van der Waals surface area (Å²) in [4.78, 5) is 21.6. The van der Waals surface area contributed by atoms with Crippen LogP contribution >= 0.6 is 0 Å². The maximum atomic E-state index is 11.7. The number of rotatable bonds is 8. The van der Waals surface area contributed by atoms with Crippen molar-refractivity contribution < 1.29 is 30.0 Å². The van der Waals surface area contributed by atoms with E-state index in [9.17, 15) is 9.90 Å². The number of pyridine rings is 2. The van der Waals surface area contributed by atoms with Gasteiger partial charge in [0.05, 0.1) is 5.76 Å². The summed E-state index contributed by atoms with van der Waals surface area (Å²) in [5.74, 6) is 0.547. The number of hydrogen-bond acceptors (Lipinski definition) is 4. The van der Waals surface area contributed by atoms with E-state index >= 15 is 0 Å². The first kappa shape index (κ1) is 35.6. The van der Waals surface area contributed by atoms with Crippen LogP contribution in [0, 0.1) is 23.3 Å². The van der Waals surface area contributed by atoms with Crippen LogP contribution in [0.25, 0.3) is 32.9 Å². The molecule has 0 fully saturated rings. The molecule has 5 heteroatoms. The van der Waals surface area contributed by atoms with Crippen molar-refractivity contribution in [2.24, 2.45) is 17.3 Å². The summed E-state index contributed by atoms with van der Waals surface area (Å²) >= 11 is 0. The van der Waals surface area contributed by atoms with Crippen LogP contribution in [-0.4, -0.2) is 20.9 Å². The topological polar surface area (TPSA) is 63.1 Å². The predicted octanol–water partition coefficient (Wildman–Crippen LogP) is 10.3. The summed E-state index contributed by atoms with van der Waals surface area (Å²) in [5.41, 5.74) is 6.90. The summed E-state index contributed by atoms with van der Waals surface area (Å²) in [6, 6.07) is 18.7. The number of fused-ring (bicyclic) bond motifs is 3. The van der Waals surface area contributed by atoms with Gasteiger partial charge in [0.25, 0.3) is 0 Å². The SMILES string of the molecule is CC(C)(C)Cc1cc2c3c(nccc3c1)-c1[c-]c3ccccc3nc1C2(C)C.CCC(CC)C(=O)/C=C(\O)C(CC)CC.[Ir]. The molecular formula is C39H49IrN2O2-. The maximum absolute atomic E-state index is 11.7. The maximum Gasteiger partial charge on any atom is 0.162 e. The summed E-state index contributed by atoms with van der Waals surface area (Å²) < 4.78 is 0. The normalized spacial score (nSPS) is 13.8. The second kappa shape index (κ2) is 14.5. The first-order valence-electron chi connectivity index (χ1n) is 16.0. The Bertz CT molecular complexity index is 1640. The number of carbonyl (C=O) groups is 1. The van der Waals surface area contributed by atoms with Crippen molar-refractivity contribution in [3.05, 3.63) is 83.4 Å². The molecule has 2 heterocycles. The van der Waals surface area contributed by atoms with Gasteiger partial charge in [-0.15, -0.1) is 12.1 Å². The van der Waals surface area contributed by atoms with E-state index in [1.165, 1.54) is 28.0 Å². The fraction of sp³-hybridized carbons (Fsp3) is 0.462. The Morgan fingerprint density at radius 3 is 2.23 bits per heavy atom. The Balaban J connectivity index is 0.000000286. The van der Waals surface area contributed by atoms with E-state index in [0.717, 1.165) is 60.0 Å². The number of aromatic nitrogens is 2. The van der Waals surface area contributed by atoms with Gasteiger partial charge in [-0.2, -0.15) is 0 Å². The number of benzene rings is 2. The van der Waals surface area contributed by atoms with Crippen molar-refractivity contribution in [3.8, 4) is 11.3 Å². The molecule has 0 unspecified atom stereocenters.